The maximum absolute atomic E-state index is 13.8. The van der Waals surface area contributed by atoms with Crippen LogP contribution in [0.5, 0.6) is 0 Å². The van der Waals surface area contributed by atoms with Crippen LogP contribution in [0.4, 0.5) is 0 Å². The lowest BCUT2D eigenvalue weighted by Crippen LogP contribution is -2.40. The highest BCUT2D eigenvalue weighted by Gasteiger charge is 2.68. The highest BCUT2D eigenvalue weighted by Crippen LogP contribution is 2.54. The molecule has 30 heavy (non-hydrogen) atoms. The van der Waals surface area contributed by atoms with Gasteiger partial charge in [0.1, 0.15) is 11.5 Å². The summed E-state index contributed by atoms with van der Waals surface area (Å²) in [7, 11) is 0. The number of carbonyl (C=O) groups excluding carboxylic acids is 2. The van der Waals surface area contributed by atoms with Gasteiger partial charge in [-0.25, -0.2) is 0 Å². The number of ether oxygens (including phenoxy) is 2. The van der Waals surface area contributed by atoms with Crippen LogP contribution < -0.4 is 0 Å². The molecule has 0 saturated carbocycles. The van der Waals surface area contributed by atoms with Gasteiger partial charge in [0.25, 0.3) is 0 Å². The summed E-state index contributed by atoms with van der Waals surface area (Å²) in [4.78, 5) is 28.4. The summed E-state index contributed by atoms with van der Waals surface area (Å²) in [5.74, 6) is -1.49. The lowest BCUT2D eigenvalue weighted by Gasteiger charge is -2.31. The van der Waals surface area contributed by atoms with Crippen LogP contribution in [0.1, 0.15) is 30.5 Å². The second kappa shape index (κ2) is 7.40. The van der Waals surface area contributed by atoms with Gasteiger partial charge < -0.3 is 14.4 Å². The fourth-order valence-electron chi connectivity index (χ4n) is 5.14. The molecule has 154 valence electrons. The average Bonchev–Trinajstić information content (AvgIpc) is 3.42. The Kier molecular flexibility index (Phi) is 4.70. The third-order valence-corrected chi connectivity index (χ3v) is 6.39. The summed E-state index contributed by atoms with van der Waals surface area (Å²) in [6.07, 6.45) is 4.28. The third kappa shape index (κ3) is 2.88. The fourth-order valence-corrected chi connectivity index (χ4v) is 5.14. The zero-order chi connectivity index (χ0) is 20.7. The van der Waals surface area contributed by atoms with Gasteiger partial charge in [0.2, 0.25) is 5.91 Å². The number of rotatable bonds is 6. The van der Waals surface area contributed by atoms with Gasteiger partial charge in [-0.15, -0.1) is 0 Å². The van der Waals surface area contributed by atoms with Crippen molar-refractivity contribution in [3.05, 3.63) is 83.9 Å². The number of carbonyl (C=O) groups is 2. The van der Waals surface area contributed by atoms with Gasteiger partial charge in [-0.05, 0) is 17.5 Å². The summed E-state index contributed by atoms with van der Waals surface area (Å²) in [5.41, 5.74) is 1.33. The number of amides is 1. The normalized spacial score (nSPS) is 28.9. The molecule has 2 aromatic rings. The SMILES string of the molecule is CCCOC(=O)[C@@H]1[C@@H]2C=CC3(CN(C(c4ccccc4)c4ccccc4)C(=O)[C@H]13)O2. The topological polar surface area (TPSA) is 55.8 Å². The van der Waals surface area contributed by atoms with Crippen molar-refractivity contribution >= 4 is 11.9 Å². The summed E-state index contributed by atoms with van der Waals surface area (Å²) >= 11 is 0. The molecule has 0 aromatic heterocycles. The number of likely N-dealkylation sites (tertiary alicyclic amines) is 1. The van der Waals surface area contributed by atoms with Crippen molar-refractivity contribution in [2.45, 2.75) is 31.1 Å². The molecule has 3 aliphatic rings. The molecular weight excluding hydrogens is 378 g/mol. The van der Waals surface area contributed by atoms with Crippen LogP contribution in [-0.2, 0) is 19.1 Å². The molecule has 0 radical (unpaired) electrons. The van der Waals surface area contributed by atoms with E-state index in [9.17, 15) is 9.59 Å². The Hall–Kier alpha value is -2.92. The first-order valence-electron chi connectivity index (χ1n) is 10.6. The number of esters is 1. The smallest absolute Gasteiger partial charge is 0.312 e. The van der Waals surface area contributed by atoms with E-state index in [0.717, 1.165) is 17.5 Å². The first-order valence-corrected chi connectivity index (χ1v) is 10.6. The lowest BCUT2D eigenvalue weighted by atomic mass is 9.77. The van der Waals surface area contributed by atoms with Crippen LogP contribution in [-0.4, -0.2) is 41.6 Å². The van der Waals surface area contributed by atoms with E-state index in [2.05, 4.69) is 0 Å². The predicted octanol–water partition coefficient (Wildman–Crippen LogP) is 3.51. The number of hydrogen-bond donors (Lipinski definition) is 0. The molecule has 3 aliphatic heterocycles. The van der Waals surface area contributed by atoms with Crippen molar-refractivity contribution in [3.63, 3.8) is 0 Å². The van der Waals surface area contributed by atoms with Crippen LogP contribution >= 0.6 is 0 Å². The average molecular weight is 403 g/mol. The van der Waals surface area contributed by atoms with E-state index in [1.807, 2.05) is 84.6 Å². The quantitative estimate of drug-likeness (QED) is 0.547. The summed E-state index contributed by atoms with van der Waals surface area (Å²) in [6.45, 7) is 2.74. The van der Waals surface area contributed by atoms with Crippen molar-refractivity contribution < 1.29 is 19.1 Å². The third-order valence-electron chi connectivity index (χ3n) is 6.39. The van der Waals surface area contributed by atoms with Crippen LogP contribution in [0.2, 0.25) is 0 Å². The summed E-state index contributed by atoms with van der Waals surface area (Å²) < 4.78 is 11.7. The first kappa shape index (κ1) is 19.1. The minimum Gasteiger partial charge on any atom is -0.465 e. The van der Waals surface area contributed by atoms with Crippen LogP contribution in [0.15, 0.2) is 72.8 Å². The molecule has 0 N–H and O–H groups in total. The lowest BCUT2D eigenvalue weighted by molar-refractivity contribution is -0.154. The van der Waals surface area contributed by atoms with E-state index >= 15 is 0 Å². The Morgan fingerprint density at radius 3 is 2.37 bits per heavy atom. The largest absolute Gasteiger partial charge is 0.465 e. The second-order valence-corrected chi connectivity index (χ2v) is 8.26. The second-order valence-electron chi connectivity index (χ2n) is 8.26. The molecule has 0 aliphatic carbocycles. The van der Waals surface area contributed by atoms with Crippen LogP contribution in [0.3, 0.4) is 0 Å². The van der Waals surface area contributed by atoms with E-state index in [1.165, 1.54) is 0 Å². The Balaban J connectivity index is 1.52. The van der Waals surface area contributed by atoms with E-state index in [0.29, 0.717) is 13.2 Å². The maximum atomic E-state index is 13.8. The van der Waals surface area contributed by atoms with E-state index in [-0.39, 0.29) is 24.0 Å². The van der Waals surface area contributed by atoms with E-state index in [4.69, 9.17) is 9.47 Å². The van der Waals surface area contributed by atoms with Crippen molar-refractivity contribution in [2.24, 2.45) is 11.8 Å². The number of nitrogens with zero attached hydrogens (tertiary/aromatic N) is 1. The van der Waals surface area contributed by atoms with Gasteiger partial charge in [0.05, 0.1) is 31.2 Å². The highest BCUT2D eigenvalue weighted by atomic mass is 16.6. The van der Waals surface area contributed by atoms with E-state index in [1.54, 1.807) is 0 Å². The molecule has 5 rings (SSSR count). The zero-order valence-electron chi connectivity index (χ0n) is 16.9. The molecular formula is C25H25NO4. The van der Waals surface area contributed by atoms with Gasteiger partial charge in [-0.1, -0.05) is 79.7 Å². The Bertz CT molecular complexity index is 934. The zero-order valence-corrected chi connectivity index (χ0v) is 16.9. The Morgan fingerprint density at radius 1 is 1.13 bits per heavy atom. The van der Waals surface area contributed by atoms with E-state index < -0.39 is 17.4 Å². The van der Waals surface area contributed by atoms with Gasteiger partial charge in [0.15, 0.2) is 0 Å². The maximum Gasteiger partial charge on any atom is 0.312 e. The minimum atomic E-state index is -0.751. The molecule has 3 heterocycles. The van der Waals surface area contributed by atoms with Crippen molar-refractivity contribution in [2.75, 3.05) is 13.2 Å². The fraction of sp³-hybridized carbons (Fsp3) is 0.360. The minimum absolute atomic E-state index is 0.0435. The molecule has 2 saturated heterocycles. The standard InChI is InChI=1S/C25H25NO4/c1-2-15-29-24(28)20-19-13-14-25(30-19)16-26(23(27)21(20)25)22(17-9-5-3-6-10-17)18-11-7-4-8-12-18/h3-14,19-22H,2,15-16H2,1H3/t19-,20+,21-,25?/m0/s1. The monoisotopic (exact) mass is 403 g/mol. The Morgan fingerprint density at radius 2 is 1.77 bits per heavy atom. The Labute approximate surface area is 176 Å². The van der Waals surface area contributed by atoms with Gasteiger partial charge in [-0.3, -0.25) is 9.59 Å². The molecule has 1 spiro atoms. The summed E-state index contributed by atoms with van der Waals surface area (Å²) in [5, 5.41) is 0. The van der Waals surface area contributed by atoms with Crippen molar-refractivity contribution in [3.8, 4) is 0 Å². The molecule has 1 unspecified atom stereocenters. The van der Waals surface area contributed by atoms with Crippen molar-refractivity contribution in [1.29, 1.82) is 0 Å². The molecule has 5 heteroatoms. The number of benzene rings is 2. The summed E-state index contributed by atoms with van der Waals surface area (Å²) in [6, 6.07) is 19.8. The number of fused-ring (bicyclic) bond motifs is 1. The van der Waals surface area contributed by atoms with Gasteiger partial charge in [-0.2, -0.15) is 0 Å². The van der Waals surface area contributed by atoms with Gasteiger partial charge >= 0.3 is 5.97 Å². The molecule has 5 nitrogen and oxygen atoms in total. The first-order chi connectivity index (χ1) is 14.6. The van der Waals surface area contributed by atoms with Crippen molar-refractivity contribution in [1.82, 2.24) is 4.90 Å². The highest BCUT2D eigenvalue weighted by molar-refractivity contribution is 5.91. The molecule has 2 aromatic carbocycles. The van der Waals surface area contributed by atoms with Crippen LogP contribution in [0.25, 0.3) is 0 Å². The van der Waals surface area contributed by atoms with Gasteiger partial charge in [0, 0.05) is 0 Å². The number of hydrogen-bond acceptors (Lipinski definition) is 4. The molecule has 2 bridgehead atoms. The molecule has 2 fully saturated rings. The molecule has 1 amide bonds. The van der Waals surface area contributed by atoms with Crippen LogP contribution in [0, 0.1) is 11.8 Å². The molecule has 4 atom stereocenters. The predicted molar refractivity (Wildman–Crippen MR) is 111 cm³/mol.